The summed E-state index contributed by atoms with van der Waals surface area (Å²) in [5.41, 5.74) is 2.70. The van der Waals surface area contributed by atoms with E-state index in [4.69, 9.17) is 11.6 Å². The van der Waals surface area contributed by atoms with Crippen LogP contribution in [0.15, 0.2) is 72.8 Å². The number of amides is 2. The van der Waals surface area contributed by atoms with Crippen molar-refractivity contribution in [1.29, 1.82) is 0 Å². The van der Waals surface area contributed by atoms with Gasteiger partial charge in [-0.1, -0.05) is 48.0 Å². The van der Waals surface area contributed by atoms with Crippen LogP contribution in [0.1, 0.15) is 33.8 Å². The van der Waals surface area contributed by atoms with Crippen LogP contribution in [0.3, 0.4) is 0 Å². The smallest absolute Gasteiger partial charge is 0.255 e. The van der Waals surface area contributed by atoms with Gasteiger partial charge in [0, 0.05) is 28.7 Å². The molecule has 2 N–H and O–H groups in total. The Morgan fingerprint density at radius 2 is 1.80 bits per heavy atom. The SMILES string of the molecule is O=C(Nc1cccc(CNC(=O)C2CC2c2ccccc2Cl)c1)c1cccc(F)c1. The normalized spacial score (nSPS) is 17.3. The molecule has 3 aromatic carbocycles. The van der Waals surface area contributed by atoms with Crippen LogP contribution in [0.25, 0.3) is 0 Å². The van der Waals surface area contributed by atoms with Gasteiger partial charge in [-0.05, 0) is 59.9 Å². The van der Waals surface area contributed by atoms with E-state index in [1.165, 1.54) is 18.2 Å². The zero-order valence-corrected chi connectivity index (χ0v) is 16.8. The molecule has 0 bridgehead atoms. The largest absolute Gasteiger partial charge is 0.352 e. The topological polar surface area (TPSA) is 58.2 Å². The van der Waals surface area contributed by atoms with Crippen LogP contribution in [-0.2, 0) is 11.3 Å². The maximum absolute atomic E-state index is 13.3. The molecule has 0 spiro atoms. The number of carbonyl (C=O) groups excluding carboxylic acids is 2. The second-order valence-corrected chi connectivity index (χ2v) is 7.76. The number of halogens is 2. The van der Waals surface area contributed by atoms with Crippen molar-refractivity contribution in [2.45, 2.75) is 18.9 Å². The molecular weight excluding hydrogens is 403 g/mol. The molecule has 4 rings (SSSR count). The first-order valence-electron chi connectivity index (χ1n) is 9.69. The minimum Gasteiger partial charge on any atom is -0.352 e. The summed E-state index contributed by atoms with van der Waals surface area (Å²) in [5.74, 6) is -0.768. The Bertz CT molecular complexity index is 1100. The number of hydrogen-bond acceptors (Lipinski definition) is 2. The van der Waals surface area contributed by atoms with Crippen LogP contribution < -0.4 is 10.6 Å². The Hall–Kier alpha value is -3.18. The van der Waals surface area contributed by atoms with Gasteiger partial charge >= 0.3 is 0 Å². The number of hydrogen-bond donors (Lipinski definition) is 2. The highest BCUT2D eigenvalue weighted by molar-refractivity contribution is 6.31. The molecule has 0 saturated heterocycles. The van der Waals surface area contributed by atoms with E-state index in [2.05, 4.69) is 10.6 Å². The van der Waals surface area contributed by atoms with Crippen molar-refractivity contribution in [1.82, 2.24) is 5.32 Å². The third-order valence-electron chi connectivity index (χ3n) is 5.17. The van der Waals surface area contributed by atoms with Gasteiger partial charge in [-0.3, -0.25) is 9.59 Å². The van der Waals surface area contributed by atoms with Crippen LogP contribution >= 0.6 is 11.6 Å². The first kappa shape index (κ1) is 20.1. The summed E-state index contributed by atoms with van der Waals surface area (Å²) in [7, 11) is 0. The molecule has 2 amide bonds. The molecule has 3 aromatic rings. The number of nitrogens with one attached hydrogen (secondary N) is 2. The minimum atomic E-state index is -0.464. The third kappa shape index (κ3) is 4.69. The van der Waals surface area contributed by atoms with Gasteiger partial charge in [0.2, 0.25) is 5.91 Å². The highest BCUT2D eigenvalue weighted by atomic mass is 35.5. The number of carbonyl (C=O) groups is 2. The van der Waals surface area contributed by atoms with Gasteiger partial charge in [-0.15, -0.1) is 0 Å². The van der Waals surface area contributed by atoms with E-state index in [1.807, 2.05) is 30.3 Å². The monoisotopic (exact) mass is 422 g/mol. The zero-order chi connectivity index (χ0) is 21.1. The van der Waals surface area contributed by atoms with Crippen LogP contribution in [0.2, 0.25) is 5.02 Å². The first-order valence-corrected chi connectivity index (χ1v) is 10.1. The molecule has 0 radical (unpaired) electrons. The van der Waals surface area contributed by atoms with E-state index in [-0.39, 0.29) is 23.3 Å². The Morgan fingerprint density at radius 1 is 1.00 bits per heavy atom. The summed E-state index contributed by atoms with van der Waals surface area (Å²) in [5, 5.41) is 6.40. The van der Waals surface area contributed by atoms with E-state index < -0.39 is 11.7 Å². The van der Waals surface area contributed by atoms with Gasteiger partial charge in [-0.25, -0.2) is 4.39 Å². The van der Waals surface area contributed by atoms with Crippen molar-refractivity contribution < 1.29 is 14.0 Å². The lowest BCUT2D eigenvalue weighted by molar-refractivity contribution is -0.122. The minimum absolute atomic E-state index is 0.00545. The van der Waals surface area contributed by atoms with Crippen LogP contribution in [0.4, 0.5) is 10.1 Å². The molecule has 2 atom stereocenters. The van der Waals surface area contributed by atoms with Gasteiger partial charge in [0.05, 0.1) is 0 Å². The summed E-state index contributed by atoms with van der Waals surface area (Å²) in [6.45, 7) is 0.355. The van der Waals surface area contributed by atoms with Crippen molar-refractivity contribution >= 4 is 29.1 Å². The highest BCUT2D eigenvalue weighted by Gasteiger charge is 2.44. The number of anilines is 1. The average Bonchev–Trinajstić information content (AvgIpc) is 3.53. The summed E-state index contributed by atoms with van der Waals surface area (Å²) in [6.07, 6.45) is 0.791. The molecule has 1 fully saturated rings. The molecule has 1 aliphatic carbocycles. The van der Waals surface area contributed by atoms with Crippen molar-refractivity contribution in [3.05, 3.63) is 100 Å². The predicted octanol–water partition coefficient (Wildman–Crippen LogP) is 5.15. The second kappa shape index (κ2) is 8.67. The van der Waals surface area contributed by atoms with Gasteiger partial charge in [0.1, 0.15) is 5.82 Å². The van der Waals surface area contributed by atoms with E-state index in [0.717, 1.165) is 17.5 Å². The maximum atomic E-state index is 13.3. The zero-order valence-electron chi connectivity index (χ0n) is 16.1. The van der Waals surface area contributed by atoms with E-state index in [0.29, 0.717) is 17.3 Å². The molecule has 2 unspecified atom stereocenters. The summed E-state index contributed by atoms with van der Waals surface area (Å²) in [6, 6.07) is 20.3. The average molecular weight is 423 g/mol. The lowest BCUT2D eigenvalue weighted by Crippen LogP contribution is -2.25. The van der Waals surface area contributed by atoms with Gasteiger partial charge in [-0.2, -0.15) is 0 Å². The van der Waals surface area contributed by atoms with Gasteiger partial charge in [0.15, 0.2) is 0 Å². The Morgan fingerprint density at radius 3 is 2.60 bits per heavy atom. The molecular formula is C24H20ClFN2O2. The molecule has 30 heavy (non-hydrogen) atoms. The molecule has 152 valence electrons. The molecule has 1 aliphatic rings. The number of benzene rings is 3. The highest BCUT2D eigenvalue weighted by Crippen LogP contribution is 2.49. The fourth-order valence-corrected chi connectivity index (χ4v) is 3.79. The van der Waals surface area contributed by atoms with Gasteiger partial charge < -0.3 is 10.6 Å². The van der Waals surface area contributed by atoms with Crippen LogP contribution in [-0.4, -0.2) is 11.8 Å². The molecule has 4 nitrogen and oxygen atoms in total. The fourth-order valence-electron chi connectivity index (χ4n) is 3.52. The standard InChI is InChI=1S/C24H20ClFN2O2/c25-22-10-2-1-9-19(22)20-13-21(20)24(30)27-14-15-5-3-8-18(11-15)28-23(29)16-6-4-7-17(26)12-16/h1-12,20-21H,13-14H2,(H,27,30)(H,28,29). The Kier molecular flexibility index (Phi) is 5.81. The third-order valence-corrected chi connectivity index (χ3v) is 5.51. The molecule has 0 heterocycles. The van der Waals surface area contributed by atoms with Crippen molar-refractivity contribution in [3.8, 4) is 0 Å². The predicted molar refractivity (Wildman–Crippen MR) is 115 cm³/mol. The van der Waals surface area contributed by atoms with Crippen LogP contribution in [0, 0.1) is 11.7 Å². The van der Waals surface area contributed by atoms with Crippen molar-refractivity contribution in [2.75, 3.05) is 5.32 Å². The molecule has 0 aromatic heterocycles. The van der Waals surface area contributed by atoms with E-state index in [9.17, 15) is 14.0 Å². The quantitative estimate of drug-likeness (QED) is 0.577. The molecule has 1 saturated carbocycles. The van der Waals surface area contributed by atoms with E-state index in [1.54, 1.807) is 24.3 Å². The van der Waals surface area contributed by atoms with Crippen LogP contribution in [0.5, 0.6) is 0 Å². The number of rotatable bonds is 6. The van der Waals surface area contributed by atoms with Crippen molar-refractivity contribution in [3.63, 3.8) is 0 Å². The maximum Gasteiger partial charge on any atom is 0.255 e. The summed E-state index contributed by atoms with van der Waals surface area (Å²) >= 11 is 6.23. The second-order valence-electron chi connectivity index (χ2n) is 7.35. The Balaban J connectivity index is 1.33. The first-order chi connectivity index (χ1) is 14.5. The Labute approximate surface area is 179 Å². The lowest BCUT2D eigenvalue weighted by atomic mass is 10.1. The van der Waals surface area contributed by atoms with Crippen molar-refractivity contribution in [2.24, 2.45) is 5.92 Å². The van der Waals surface area contributed by atoms with E-state index >= 15 is 0 Å². The summed E-state index contributed by atoms with van der Waals surface area (Å²) in [4.78, 5) is 24.8. The lowest BCUT2D eigenvalue weighted by Gasteiger charge is -2.09. The fraction of sp³-hybridized carbons (Fsp3) is 0.167. The molecule has 0 aliphatic heterocycles. The molecule has 6 heteroatoms. The van der Waals surface area contributed by atoms with Gasteiger partial charge in [0.25, 0.3) is 5.91 Å². The summed E-state index contributed by atoms with van der Waals surface area (Å²) < 4.78 is 13.3.